The summed E-state index contributed by atoms with van der Waals surface area (Å²) in [6.45, 7) is 10.1. The molecule has 2 aliphatic heterocycles. The van der Waals surface area contributed by atoms with Gasteiger partial charge in [0.1, 0.15) is 23.3 Å². The fourth-order valence-electron chi connectivity index (χ4n) is 5.97. The number of primary amides is 1. The van der Waals surface area contributed by atoms with Crippen LogP contribution in [0.15, 0.2) is 66.7 Å². The molecule has 1 fully saturated rings. The van der Waals surface area contributed by atoms with Gasteiger partial charge in [-0.25, -0.2) is 4.98 Å². The molecule has 0 aliphatic carbocycles. The molecule has 0 spiro atoms. The van der Waals surface area contributed by atoms with Crippen molar-refractivity contribution in [2.45, 2.75) is 26.2 Å². The fraction of sp³-hybridized carbons (Fsp3) is 0.324. The molecular formula is C34H37N5O3S. The molecular weight excluding hydrogens is 558 g/mol. The number of fused-ring (bicyclic) bond motifs is 1. The lowest BCUT2D eigenvalue weighted by atomic mass is 9.98. The maximum atomic E-state index is 13.3. The maximum Gasteiger partial charge on any atom is 0.258 e. The third kappa shape index (κ3) is 6.20. The number of hydrogen-bond acceptors (Lipinski definition) is 7. The van der Waals surface area contributed by atoms with Crippen molar-refractivity contribution in [2.75, 3.05) is 50.8 Å². The van der Waals surface area contributed by atoms with Crippen LogP contribution in [-0.2, 0) is 11.2 Å². The van der Waals surface area contributed by atoms with Crippen molar-refractivity contribution in [3.63, 3.8) is 0 Å². The first-order valence-corrected chi connectivity index (χ1v) is 15.6. The van der Waals surface area contributed by atoms with Gasteiger partial charge in [0, 0.05) is 61.0 Å². The Balaban J connectivity index is 1.20. The van der Waals surface area contributed by atoms with Crippen molar-refractivity contribution in [2.24, 2.45) is 5.73 Å². The summed E-state index contributed by atoms with van der Waals surface area (Å²) < 4.78 is 6.06. The summed E-state index contributed by atoms with van der Waals surface area (Å²) in [6.07, 6.45) is 0.780. The molecule has 0 bridgehead atoms. The van der Waals surface area contributed by atoms with Crippen LogP contribution in [0.5, 0.6) is 5.75 Å². The van der Waals surface area contributed by atoms with Gasteiger partial charge in [0.15, 0.2) is 0 Å². The van der Waals surface area contributed by atoms with E-state index in [0.717, 1.165) is 89.0 Å². The molecule has 2 aliphatic rings. The number of piperazine rings is 1. The Morgan fingerprint density at radius 1 is 1.02 bits per heavy atom. The number of anilines is 1. The molecule has 1 atom stereocenters. The normalized spacial score (nSPS) is 15.7. The molecule has 2 amide bonds. The molecule has 4 aromatic rings. The summed E-state index contributed by atoms with van der Waals surface area (Å²) in [5.41, 5.74) is 12.3. The summed E-state index contributed by atoms with van der Waals surface area (Å²) in [5, 5.41) is 4.03. The van der Waals surface area contributed by atoms with Gasteiger partial charge in [0.25, 0.3) is 5.91 Å². The van der Waals surface area contributed by atoms with Crippen molar-refractivity contribution < 1.29 is 14.3 Å². The Labute approximate surface area is 256 Å². The Bertz CT molecular complexity index is 1640. The molecule has 0 radical (unpaired) electrons. The number of nitrogens with two attached hydrogens (primary N) is 1. The number of benzene rings is 3. The van der Waals surface area contributed by atoms with E-state index in [9.17, 15) is 9.59 Å². The lowest BCUT2D eigenvalue weighted by Crippen LogP contribution is -2.44. The van der Waals surface area contributed by atoms with E-state index in [2.05, 4.69) is 16.3 Å². The quantitative estimate of drug-likeness (QED) is 0.295. The molecule has 1 unspecified atom stereocenters. The maximum absolute atomic E-state index is 13.3. The summed E-state index contributed by atoms with van der Waals surface area (Å²) in [7, 11) is 0. The van der Waals surface area contributed by atoms with E-state index in [1.54, 1.807) is 0 Å². The van der Waals surface area contributed by atoms with Crippen LogP contribution in [0.4, 0.5) is 5.69 Å². The number of nitrogens with zero attached hydrogens (tertiary/aromatic N) is 3. The van der Waals surface area contributed by atoms with Gasteiger partial charge in [-0.15, -0.1) is 11.3 Å². The summed E-state index contributed by atoms with van der Waals surface area (Å²) >= 11 is 1.49. The number of carbonyl (C=O) groups excluding carboxylic acids is 2. The molecule has 6 rings (SSSR count). The van der Waals surface area contributed by atoms with E-state index in [1.807, 2.05) is 79.4 Å². The molecule has 43 heavy (non-hydrogen) atoms. The average molecular weight is 596 g/mol. The topological polar surface area (TPSA) is 101 Å². The number of nitrogens with one attached hydrogen (secondary N) is 1. The SMILES string of the molecule is Cc1ccccc1C(=O)N1CCc2cc(-c3nc(C(C(N)=O)c4cccc(OCCN5CCNCC5)c4)sc3C)ccc21. The minimum absolute atomic E-state index is 0.0241. The number of thiazole rings is 1. The third-order valence-corrected chi connectivity index (χ3v) is 9.33. The van der Waals surface area contributed by atoms with Crippen LogP contribution >= 0.6 is 11.3 Å². The van der Waals surface area contributed by atoms with Gasteiger partial charge < -0.3 is 20.7 Å². The summed E-state index contributed by atoms with van der Waals surface area (Å²) in [4.78, 5) is 36.3. The zero-order valence-corrected chi connectivity index (χ0v) is 25.5. The minimum atomic E-state index is -0.675. The van der Waals surface area contributed by atoms with Gasteiger partial charge in [-0.1, -0.05) is 36.4 Å². The van der Waals surface area contributed by atoms with Crippen LogP contribution in [0, 0.1) is 13.8 Å². The Hall–Kier alpha value is -4.05. The van der Waals surface area contributed by atoms with Gasteiger partial charge in [-0.2, -0.15) is 0 Å². The molecule has 1 saturated heterocycles. The standard InChI is InChI=1S/C34H37N5O3S/c1-22-6-3-4-9-28(22)34(41)39-15-12-24-20-26(10-11-29(24)39)31-23(2)43-33(37-31)30(32(35)40)25-7-5-8-27(21-25)42-19-18-38-16-13-36-14-17-38/h3-11,20-21,30,36H,12-19H2,1-2H3,(H2,35,40). The number of hydrogen-bond donors (Lipinski definition) is 2. The second kappa shape index (κ2) is 12.7. The second-order valence-electron chi connectivity index (χ2n) is 11.2. The highest BCUT2D eigenvalue weighted by Crippen LogP contribution is 2.38. The number of aryl methyl sites for hydroxylation is 2. The monoisotopic (exact) mass is 595 g/mol. The molecule has 3 heterocycles. The van der Waals surface area contributed by atoms with E-state index < -0.39 is 11.8 Å². The van der Waals surface area contributed by atoms with Crippen molar-refractivity contribution in [3.8, 4) is 17.0 Å². The molecule has 8 nitrogen and oxygen atoms in total. The van der Waals surface area contributed by atoms with Crippen molar-refractivity contribution in [1.82, 2.24) is 15.2 Å². The number of carbonyl (C=O) groups is 2. The third-order valence-electron chi connectivity index (χ3n) is 8.29. The van der Waals surface area contributed by atoms with Crippen molar-refractivity contribution in [1.29, 1.82) is 0 Å². The lowest BCUT2D eigenvalue weighted by Gasteiger charge is -2.27. The van der Waals surface area contributed by atoms with Crippen LogP contribution in [0.2, 0.25) is 0 Å². The number of amides is 2. The number of ether oxygens (including phenoxy) is 1. The predicted molar refractivity (Wildman–Crippen MR) is 171 cm³/mol. The van der Waals surface area contributed by atoms with Crippen LogP contribution in [0.3, 0.4) is 0 Å². The molecule has 3 N–H and O–H groups in total. The van der Waals surface area contributed by atoms with E-state index in [0.29, 0.717) is 18.2 Å². The molecule has 9 heteroatoms. The first-order chi connectivity index (χ1) is 20.9. The number of aromatic nitrogens is 1. The largest absolute Gasteiger partial charge is 0.492 e. The van der Waals surface area contributed by atoms with E-state index in [4.69, 9.17) is 15.5 Å². The molecule has 3 aromatic carbocycles. The molecule has 222 valence electrons. The highest BCUT2D eigenvalue weighted by molar-refractivity contribution is 7.12. The van der Waals surface area contributed by atoms with Gasteiger partial charge >= 0.3 is 0 Å². The van der Waals surface area contributed by atoms with Crippen molar-refractivity contribution in [3.05, 3.63) is 98.9 Å². The zero-order chi connectivity index (χ0) is 29.9. The Morgan fingerprint density at radius 3 is 2.63 bits per heavy atom. The summed E-state index contributed by atoms with van der Waals surface area (Å²) in [5.74, 6) is -0.379. The second-order valence-corrected chi connectivity index (χ2v) is 12.4. The van der Waals surface area contributed by atoms with Crippen LogP contribution < -0.4 is 20.7 Å². The van der Waals surface area contributed by atoms with Crippen LogP contribution in [-0.4, -0.2) is 67.6 Å². The Kier molecular flexibility index (Phi) is 8.56. The highest BCUT2D eigenvalue weighted by Gasteiger charge is 2.29. The minimum Gasteiger partial charge on any atom is -0.492 e. The predicted octanol–water partition coefficient (Wildman–Crippen LogP) is 4.53. The average Bonchev–Trinajstić information content (AvgIpc) is 3.61. The first-order valence-electron chi connectivity index (χ1n) is 14.8. The van der Waals surface area contributed by atoms with Crippen molar-refractivity contribution >= 4 is 28.8 Å². The lowest BCUT2D eigenvalue weighted by molar-refractivity contribution is -0.118. The van der Waals surface area contributed by atoms with E-state index in [-0.39, 0.29) is 5.91 Å². The first kappa shape index (κ1) is 29.0. The van der Waals surface area contributed by atoms with Gasteiger partial charge in [0.2, 0.25) is 5.91 Å². The van der Waals surface area contributed by atoms with Crippen LogP contribution in [0.1, 0.15) is 42.9 Å². The van der Waals surface area contributed by atoms with Gasteiger partial charge in [0.05, 0.1) is 5.69 Å². The Morgan fingerprint density at radius 2 is 1.84 bits per heavy atom. The van der Waals surface area contributed by atoms with Crippen LogP contribution in [0.25, 0.3) is 11.3 Å². The molecule has 1 aromatic heterocycles. The smallest absolute Gasteiger partial charge is 0.258 e. The number of rotatable bonds is 9. The summed E-state index contributed by atoms with van der Waals surface area (Å²) in [6, 6.07) is 21.5. The van der Waals surface area contributed by atoms with E-state index in [1.165, 1.54) is 11.3 Å². The van der Waals surface area contributed by atoms with E-state index >= 15 is 0 Å². The fourth-order valence-corrected chi connectivity index (χ4v) is 7.05. The van der Waals surface area contributed by atoms with Gasteiger partial charge in [-0.3, -0.25) is 14.5 Å². The zero-order valence-electron chi connectivity index (χ0n) is 24.6. The molecule has 0 saturated carbocycles. The van der Waals surface area contributed by atoms with Gasteiger partial charge in [-0.05, 0) is 67.3 Å². The highest BCUT2D eigenvalue weighted by atomic mass is 32.1.